The Labute approximate surface area is 139 Å². The molecule has 0 amide bonds. The van der Waals surface area contributed by atoms with Crippen molar-refractivity contribution < 1.29 is 9.47 Å². The van der Waals surface area contributed by atoms with Crippen LogP contribution >= 0.6 is 0 Å². The molecule has 0 saturated carbocycles. The van der Waals surface area contributed by atoms with E-state index in [-0.39, 0.29) is 0 Å². The van der Waals surface area contributed by atoms with Crippen molar-refractivity contribution in [2.24, 2.45) is 4.99 Å². The Kier molecular flexibility index (Phi) is 7.34. The van der Waals surface area contributed by atoms with Gasteiger partial charge in [-0.3, -0.25) is 4.99 Å². The minimum absolute atomic E-state index is 0.588. The average molecular weight is 311 g/mol. The first-order valence-electron chi connectivity index (χ1n) is 8.14. The number of nitrogens with zero attached hydrogens (tertiary/aromatic N) is 1. The number of ether oxygens (including phenoxy) is 2. The van der Waals surface area contributed by atoms with Crippen molar-refractivity contribution in [1.82, 2.24) is 0 Å². The Morgan fingerprint density at radius 2 is 1.74 bits per heavy atom. The molecule has 0 fully saturated rings. The zero-order valence-electron chi connectivity index (χ0n) is 14.0. The van der Waals surface area contributed by atoms with Crippen LogP contribution in [0.5, 0.6) is 5.75 Å². The summed E-state index contributed by atoms with van der Waals surface area (Å²) < 4.78 is 11.1. The van der Waals surface area contributed by atoms with Crippen molar-refractivity contribution >= 4 is 6.21 Å². The maximum absolute atomic E-state index is 5.80. The van der Waals surface area contributed by atoms with Crippen molar-refractivity contribution in [3.8, 4) is 5.75 Å². The lowest BCUT2D eigenvalue weighted by Gasteiger charge is -2.06. The van der Waals surface area contributed by atoms with E-state index < -0.39 is 0 Å². The van der Waals surface area contributed by atoms with Crippen LogP contribution in [-0.2, 0) is 11.3 Å². The predicted molar refractivity (Wildman–Crippen MR) is 95.5 cm³/mol. The second-order valence-electron chi connectivity index (χ2n) is 5.43. The molecule has 0 bridgehead atoms. The van der Waals surface area contributed by atoms with Gasteiger partial charge in [0.05, 0.1) is 0 Å². The van der Waals surface area contributed by atoms with E-state index in [0.29, 0.717) is 6.61 Å². The van der Waals surface area contributed by atoms with E-state index in [1.54, 1.807) is 0 Å². The fraction of sp³-hybridized carbons (Fsp3) is 0.350. The van der Waals surface area contributed by atoms with Crippen LogP contribution in [0.3, 0.4) is 0 Å². The zero-order valence-corrected chi connectivity index (χ0v) is 14.0. The van der Waals surface area contributed by atoms with Crippen molar-refractivity contribution in [2.45, 2.75) is 26.9 Å². The number of aliphatic imine (C=N–C) groups is 1. The molecule has 0 saturated heterocycles. The van der Waals surface area contributed by atoms with Gasteiger partial charge in [-0.05, 0) is 55.7 Å². The molecule has 3 heteroatoms. The van der Waals surface area contributed by atoms with Crippen molar-refractivity contribution in [3.05, 3.63) is 65.2 Å². The van der Waals surface area contributed by atoms with Gasteiger partial charge in [-0.25, -0.2) is 0 Å². The molecule has 23 heavy (non-hydrogen) atoms. The Balaban J connectivity index is 1.75. The van der Waals surface area contributed by atoms with E-state index in [2.05, 4.69) is 36.2 Å². The van der Waals surface area contributed by atoms with Gasteiger partial charge >= 0.3 is 0 Å². The first kappa shape index (κ1) is 17.2. The molecule has 3 nitrogen and oxygen atoms in total. The van der Waals surface area contributed by atoms with Crippen LogP contribution in [0.15, 0.2) is 53.5 Å². The highest BCUT2D eigenvalue weighted by Crippen LogP contribution is 2.14. The summed E-state index contributed by atoms with van der Waals surface area (Å²) in [5, 5.41) is 0. The van der Waals surface area contributed by atoms with E-state index >= 15 is 0 Å². The van der Waals surface area contributed by atoms with Crippen LogP contribution in [0.1, 0.15) is 30.0 Å². The summed E-state index contributed by atoms with van der Waals surface area (Å²) in [6.07, 6.45) is 2.86. The molecule has 0 spiro atoms. The van der Waals surface area contributed by atoms with Crippen LogP contribution < -0.4 is 4.74 Å². The Morgan fingerprint density at radius 3 is 2.43 bits per heavy atom. The number of rotatable bonds is 9. The van der Waals surface area contributed by atoms with Gasteiger partial charge in [0, 0.05) is 26.0 Å². The second-order valence-corrected chi connectivity index (χ2v) is 5.43. The molecule has 0 N–H and O–H groups in total. The van der Waals surface area contributed by atoms with E-state index in [4.69, 9.17) is 9.47 Å². The fourth-order valence-electron chi connectivity index (χ4n) is 2.07. The number of hydrogen-bond donors (Lipinski definition) is 0. The molecular formula is C20H25NO2. The quantitative estimate of drug-likeness (QED) is 0.507. The Hall–Kier alpha value is -2.13. The van der Waals surface area contributed by atoms with E-state index in [1.807, 2.05) is 37.4 Å². The molecule has 0 aliphatic heterocycles. The summed E-state index contributed by atoms with van der Waals surface area (Å²) in [5.41, 5.74) is 3.53. The number of aryl methyl sites for hydroxylation is 1. The summed E-state index contributed by atoms with van der Waals surface area (Å²) in [5.74, 6) is 0.874. The van der Waals surface area contributed by atoms with Gasteiger partial charge in [-0.2, -0.15) is 0 Å². The molecule has 0 radical (unpaired) electrons. The molecule has 122 valence electrons. The number of hydrogen-bond acceptors (Lipinski definition) is 3. The third-order valence-corrected chi connectivity index (χ3v) is 3.43. The van der Waals surface area contributed by atoms with E-state index in [9.17, 15) is 0 Å². The molecule has 0 aliphatic carbocycles. The molecule has 0 heterocycles. The molecule has 0 aromatic heterocycles. The highest BCUT2D eigenvalue weighted by Gasteiger charge is 1.96. The summed E-state index contributed by atoms with van der Waals surface area (Å²) in [6, 6.07) is 16.4. The van der Waals surface area contributed by atoms with E-state index in [1.165, 1.54) is 11.1 Å². The molecule has 2 rings (SSSR count). The molecule has 2 aromatic carbocycles. The van der Waals surface area contributed by atoms with Crippen molar-refractivity contribution in [2.75, 3.05) is 19.8 Å². The third kappa shape index (κ3) is 6.66. The van der Waals surface area contributed by atoms with Gasteiger partial charge < -0.3 is 9.47 Å². The summed E-state index contributed by atoms with van der Waals surface area (Å²) >= 11 is 0. The topological polar surface area (TPSA) is 30.8 Å². The van der Waals surface area contributed by atoms with Crippen molar-refractivity contribution in [3.63, 3.8) is 0 Å². The molecular weight excluding hydrogens is 286 g/mol. The molecule has 0 aliphatic rings. The van der Waals surface area contributed by atoms with Gasteiger partial charge in [0.25, 0.3) is 0 Å². The lowest BCUT2D eigenvalue weighted by Crippen LogP contribution is -1.96. The third-order valence-electron chi connectivity index (χ3n) is 3.43. The van der Waals surface area contributed by atoms with Crippen LogP contribution in [-0.4, -0.2) is 26.0 Å². The minimum atomic E-state index is 0.588. The van der Waals surface area contributed by atoms with E-state index in [0.717, 1.165) is 37.5 Å². The highest BCUT2D eigenvalue weighted by atomic mass is 16.5. The maximum Gasteiger partial charge on any atom is 0.119 e. The zero-order chi connectivity index (χ0) is 16.3. The Morgan fingerprint density at radius 1 is 1.00 bits per heavy atom. The molecule has 2 aromatic rings. The molecule has 0 atom stereocenters. The van der Waals surface area contributed by atoms with Gasteiger partial charge in [-0.15, -0.1) is 0 Å². The lowest BCUT2D eigenvalue weighted by atomic mass is 10.2. The standard InChI is InChI=1S/C20H25NO2/c1-3-22-14-4-13-21-15-18-9-11-20(12-10-18)23-16-19-7-5-17(2)6-8-19/h5-12,15H,3-4,13-14,16H2,1-2H3/b21-15+. The summed E-state index contributed by atoms with van der Waals surface area (Å²) in [4.78, 5) is 4.40. The largest absolute Gasteiger partial charge is 0.489 e. The monoisotopic (exact) mass is 311 g/mol. The Bertz CT molecular complexity index is 588. The first-order chi connectivity index (χ1) is 11.3. The first-order valence-corrected chi connectivity index (χ1v) is 8.14. The second kappa shape index (κ2) is 9.80. The van der Waals surface area contributed by atoms with Crippen LogP contribution in [0.4, 0.5) is 0 Å². The molecule has 0 unspecified atom stereocenters. The highest BCUT2D eigenvalue weighted by molar-refractivity contribution is 5.79. The average Bonchev–Trinajstić information content (AvgIpc) is 2.58. The SMILES string of the molecule is CCOCCC/N=C/c1ccc(OCc2ccc(C)cc2)cc1. The summed E-state index contributed by atoms with van der Waals surface area (Å²) in [6.45, 7) is 7.03. The van der Waals surface area contributed by atoms with Crippen LogP contribution in [0.2, 0.25) is 0 Å². The summed E-state index contributed by atoms with van der Waals surface area (Å²) in [7, 11) is 0. The van der Waals surface area contributed by atoms with Gasteiger partial charge in [0.2, 0.25) is 0 Å². The fourth-order valence-corrected chi connectivity index (χ4v) is 2.07. The van der Waals surface area contributed by atoms with Crippen molar-refractivity contribution in [1.29, 1.82) is 0 Å². The minimum Gasteiger partial charge on any atom is -0.489 e. The van der Waals surface area contributed by atoms with Gasteiger partial charge in [0.15, 0.2) is 0 Å². The maximum atomic E-state index is 5.80. The lowest BCUT2D eigenvalue weighted by molar-refractivity contribution is 0.146. The predicted octanol–water partition coefficient (Wildman–Crippen LogP) is 4.42. The van der Waals surface area contributed by atoms with Crippen LogP contribution in [0.25, 0.3) is 0 Å². The smallest absolute Gasteiger partial charge is 0.119 e. The number of benzene rings is 2. The van der Waals surface area contributed by atoms with Crippen LogP contribution in [0, 0.1) is 6.92 Å². The normalized spacial score (nSPS) is 11.0. The van der Waals surface area contributed by atoms with Gasteiger partial charge in [-0.1, -0.05) is 29.8 Å². The van der Waals surface area contributed by atoms with Gasteiger partial charge in [0.1, 0.15) is 12.4 Å².